The quantitative estimate of drug-likeness (QED) is 0.132. The third kappa shape index (κ3) is 9.84. The molecule has 1 heterocycles. The molecule has 7 nitrogen and oxygen atoms in total. The van der Waals surface area contributed by atoms with Gasteiger partial charge in [0.05, 0.1) is 5.56 Å². The van der Waals surface area contributed by atoms with Crippen LogP contribution in [0, 0.1) is 0 Å². The molecule has 0 aromatic heterocycles. The van der Waals surface area contributed by atoms with Crippen LogP contribution in [-0.2, 0) is 12.7 Å². The van der Waals surface area contributed by atoms with Gasteiger partial charge in [-0.25, -0.2) is 5.48 Å². The molecule has 4 rings (SSSR count). The Bertz CT molecular complexity index is 1220. The highest BCUT2D eigenvalue weighted by Gasteiger charge is 2.30. The molecule has 1 aliphatic rings. The topological polar surface area (TPSA) is 77.1 Å². The molecule has 0 bridgehead atoms. The van der Waals surface area contributed by atoms with Gasteiger partial charge in [0.15, 0.2) is 0 Å². The molecule has 226 valence electrons. The molecule has 1 aliphatic heterocycles. The fourth-order valence-electron chi connectivity index (χ4n) is 5.05. The summed E-state index contributed by atoms with van der Waals surface area (Å²) in [6.07, 6.45) is -1.77. The third-order valence-electron chi connectivity index (χ3n) is 7.48. The highest BCUT2D eigenvalue weighted by atomic mass is 19.4. The molecule has 3 aromatic carbocycles. The smallest absolute Gasteiger partial charge is 0.416 e. The van der Waals surface area contributed by atoms with E-state index in [0.717, 1.165) is 88.5 Å². The van der Waals surface area contributed by atoms with Gasteiger partial charge < -0.3 is 15.0 Å². The van der Waals surface area contributed by atoms with Crippen LogP contribution in [0.3, 0.4) is 0 Å². The first-order chi connectivity index (χ1) is 20.3. The minimum Gasteiger partial charge on any atom is -0.486 e. The fraction of sp³-hybridized carbons (Fsp3) is 0.406. The monoisotopic (exact) mass is 584 g/mol. The van der Waals surface area contributed by atoms with Gasteiger partial charge in [0.2, 0.25) is 0 Å². The Hall–Kier alpha value is -3.44. The van der Waals surface area contributed by atoms with Gasteiger partial charge in [-0.1, -0.05) is 42.5 Å². The van der Waals surface area contributed by atoms with Gasteiger partial charge in [-0.3, -0.25) is 14.9 Å². The van der Waals surface area contributed by atoms with Crippen molar-refractivity contribution < 1.29 is 27.9 Å². The average molecular weight is 585 g/mol. The summed E-state index contributed by atoms with van der Waals surface area (Å²) in [7, 11) is 0. The molecular formula is C32H39F3N4O3. The Balaban J connectivity index is 1.11. The van der Waals surface area contributed by atoms with E-state index in [2.05, 4.69) is 15.1 Å². The van der Waals surface area contributed by atoms with Gasteiger partial charge in [-0.05, 0) is 80.0 Å². The van der Waals surface area contributed by atoms with Gasteiger partial charge in [0.1, 0.15) is 11.9 Å². The van der Waals surface area contributed by atoms with Crippen LogP contribution in [0.5, 0.6) is 5.75 Å². The summed E-state index contributed by atoms with van der Waals surface area (Å²) in [4.78, 5) is 16.4. The minimum atomic E-state index is -4.37. The summed E-state index contributed by atoms with van der Waals surface area (Å²) < 4.78 is 44.8. The molecule has 1 atom stereocenters. The zero-order valence-electron chi connectivity index (χ0n) is 23.7. The lowest BCUT2D eigenvalue weighted by Crippen LogP contribution is -2.46. The van der Waals surface area contributed by atoms with Crippen LogP contribution in [0.15, 0.2) is 78.9 Å². The fourth-order valence-corrected chi connectivity index (χ4v) is 5.05. The van der Waals surface area contributed by atoms with Crippen LogP contribution < -0.4 is 15.5 Å². The van der Waals surface area contributed by atoms with Crippen LogP contribution in [0.25, 0.3) is 0 Å². The van der Waals surface area contributed by atoms with E-state index >= 15 is 0 Å². The molecule has 0 spiro atoms. The second kappa shape index (κ2) is 15.7. The first-order valence-electron chi connectivity index (χ1n) is 14.4. The zero-order chi connectivity index (χ0) is 29.8. The lowest BCUT2D eigenvalue weighted by Gasteiger charge is -2.34. The van der Waals surface area contributed by atoms with E-state index in [1.54, 1.807) is 17.6 Å². The molecular weight excluding hydrogens is 545 g/mol. The number of unbranched alkanes of at least 4 members (excludes halogenated alkanes) is 1. The van der Waals surface area contributed by atoms with Gasteiger partial charge in [-0.15, -0.1) is 0 Å². The summed E-state index contributed by atoms with van der Waals surface area (Å²) in [5.41, 5.74) is 3.53. The summed E-state index contributed by atoms with van der Waals surface area (Å²) >= 11 is 0. The number of carbonyl (C=O) groups excluding carboxylic acids is 1. The number of halogens is 3. The lowest BCUT2D eigenvalue weighted by atomic mass is 10.1. The molecule has 0 aliphatic carbocycles. The van der Waals surface area contributed by atoms with Gasteiger partial charge in [0.25, 0.3) is 5.91 Å². The summed E-state index contributed by atoms with van der Waals surface area (Å²) in [5, 5.41) is 12.2. The Kier molecular flexibility index (Phi) is 11.8. The number of hydrogen-bond donors (Lipinski definition) is 3. The number of ether oxygens (including phenoxy) is 1. The van der Waals surface area contributed by atoms with Gasteiger partial charge >= 0.3 is 6.18 Å². The molecule has 1 amide bonds. The van der Waals surface area contributed by atoms with E-state index < -0.39 is 17.6 Å². The number of benzene rings is 3. The van der Waals surface area contributed by atoms with E-state index in [1.807, 2.05) is 42.5 Å². The molecule has 10 heteroatoms. The largest absolute Gasteiger partial charge is 0.486 e. The summed E-state index contributed by atoms with van der Waals surface area (Å²) in [6, 6.07) is 21.9. The normalized spacial score (nSPS) is 15.3. The first kappa shape index (κ1) is 31.5. The number of nitrogens with one attached hydrogen (secondary N) is 2. The maximum Gasteiger partial charge on any atom is 0.416 e. The van der Waals surface area contributed by atoms with E-state index in [4.69, 9.17) is 9.94 Å². The number of hydrogen-bond acceptors (Lipinski definition) is 6. The average Bonchev–Trinajstić information content (AvgIpc) is 3.01. The predicted molar refractivity (Wildman–Crippen MR) is 155 cm³/mol. The molecule has 3 N–H and O–H groups in total. The minimum absolute atomic E-state index is 0.260. The van der Waals surface area contributed by atoms with Crippen molar-refractivity contribution in [3.05, 3.63) is 101 Å². The van der Waals surface area contributed by atoms with E-state index in [9.17, 15) is 18.0 Å². The number of alkyl halides is 3. The zero-order valence-corrected chi connectivity index (χ0v) is 23.7. The van der Waals surface area contributed by atoms with Crippen LogP contribution in [0.4, 0.5) is 13.2 Å². The molecule has 1 fully saturated rings. The number of nitrogens with zero attached hydrogens (tertiary/aromatic N) is 2. The Morgan fingerprint density at radius 2 is 1.52 bits per heavy atom. The van der Waals surface area contributed by atoms with Crippen molar-refractivity contribution >= 4 is 5.91 Å². The molecule has 0 saturated carbocycles. The maximum absolute atomic E-state index is 12.9. The van der Waals surface area contributed by atoms with Crippen LogP contribution in [-0.4, -0.2) is 66.7 Å². The summed E-state index contributed by atoms with van der Waals surface area (Å²) in [6.45, 7) is 7.58. The SMILES string of the molecule is O=C(NO)c1ccc(CN2CCN(CCCCNCC[C@@H](Oc3ccc(C(F)(F)F)cc3)c3ccccc3)CC2)cc1. The second-order valence-electron chi connectivity index (χ2n) is 10.5. The van der Waals surface area contributed by atoms with Crippen LogP contribution >= 0.6 is 0 Å². The van der Waals surface area contributed by atoms with Crippen molar-refractivity contribution in [2.75, 3.05) is 45.8 Å². The van der Waals surface area contributed by atoms with Crippen molar-refractivity contribution in [1.82, 2.24) is 20.6 Å². The van der Waals surface area contributed by atoms with Crippen molar-refractivity contribution in [3.8, 4) is 5.75 Å². The van der Waals surface area contributed by atoms with E-state index in [-0.39, 0.29) is 6.10 Å². The Morgan fingerprint density at radius 1 is 0.857 bits per heavy atom. The predicted octanol–water partition coefficient (Wildman–Crippen LogP) is 5.52. The highest BCUT2D eigenvalue weighted by Crippen LogP contribution is 2.32. The standard InChI is InChI=1S/C32H39F3N4O3/c33-32(34,35)28-12-14-29(15-13-28)42-30(26-6-2-1-3-7-26)16-18-36-17-4-5-19-38-20-22-39(23-21-38)24-25-8-10-27(11-9-25)31(40)37-41/h1-3,6-15,30,36,41H,4-5,16-24H2,(H,37,40)/t30-/m1/s1. The van der Waals surface area contributed by atoms with Crippen LogP contribution in [0.2, 0.25) is 0 Å². The van der Waals surface area contributed by atoms with Crippen molar-refractivity contribution in [2.45, 2.75) is 38.1 Å². The Labute approximate surface area is 245 Å². The number of hydroxylamine groups is 1. The Morgan fingerprint density at radius 3 is 2.17 bits per heavy atom. The maximum atomic E-state index is 12.9. The highest BCUT2D eigenvalue weighted by molar-refractivity contribution is 5.93. The molecule has 0 radical (unpaired) electrons. The second-order valence-corrected chi connectivity index (χ2v) is 10.5. The molecule has 3 aromatic rings. The number of carbonyl (C=O) groups is 1. The van der Waals surface area contributed by atoms with E-state index in [0.29, 0.717) is 17.7 Å². The molecule has 42 heavy (non-hydrogen) atoms. The van der Waals surface area contributed by atoms with Crippen LogP contribution in [0.1, 0.15) is 52.4 Å². The molecule has 1 saturated heterocycles. The van der Waals surface area contributed by atoms with Crippen molar-refractivity contribution in [1.29, 1.82) is 0 Å². The third-order valence-corrected chi connectivity index (χ3v) is 7.48. The van der Waals surface area contributed by atoms with Crippen molar-refractivity contribution in [3.63, 3.8) is 0 Å². The summed E-state index contributed by atoms with van der Waals surface area (Å²) in [5.74, 6) is -0.0885. The number of rotatable bonds is 14. The number of piperazine rings is 1. The lowest BCUT2D eigenvalue weighted by molar-refractivity contribution is -0.137. The van der Waals surface area contributed by atoms with E-state index in [1.165, 1.54) is 12.1 Å². The van der Waals surface area contributed by atoms with Gasteiger partial charge in [-0.2, -0.15) is 13.2 Å². The van der Waals surface area contributed by atoms with Crippen molar-refractivity contribution in [2.24, 2.45) is 0 Å². The van der Waals surface area contributed by atoms with Gasteiger partial charge in [0, 0.05) is 44.7 Å². The number of amides is 1. The molecule has 0 unspecified atom stereocenters. The first-order valence-corrected chi connectivity index (χ1v) is 14.4.